The Morgan fingerprint density at radius 1 is 1.09 bits per heavy atom. The second kappa shape index (κ2) is 5.33. The van der Waals surface area contributed by atoms with Crippen molar-refractivity contribution in [3.8, 4) is 0 Å². The number of nitrogens with zero attached hydrogens (tertiary/aromatic N) is 3. The zero-order valence-electron chi connectivity index (χ0n) is 11.8. The average Bonchev–Trinajstić information content (AvgIpc) is 2.86. The zero-order chi connectivity index (χ0) is 15.7. The molecule has 0 saturated heterocycles. The van der Waals surface area contributed by atoms with Gasteiger partial charge in [-0.2, -0.15) is 0 Å². The summed E-state index contributed by atoms with van der Waals surface area (Å²) in [5.41, 5.74) is 2.11. The highest BCUT2D eigenvalue weighted by atomic mass is 16.4. The summed E-state index contributed by atoms with van der Waals surface area (Å²) in [6.45, 7) is 0. The number of aryl methyl sites for hydroxylation is 1. The largest absolute Gasteiger partial charge is 0.478 e. The Morgan fingerprint density at radius 2 is 1.73 bits per heavy atom. The summed E-state index contributed by atoms with van der Waals surface area (Å²) < 4.78 is 1.77. The molecule has 0 radical (unpaired) electrons. The van der Waals surface area contributed by atoms with Crippen molar-refractivity contribution in [2.24, 2.45) is 12.2 Å². The normalized spacial score (nSPS) is 11.8. The number of rotatable bonds is 3. The third-order valence-electron chi connectivity index (χ3n) is 3.51. The molecule has 0 amide bonds. The van der Waals surface area contributed by atoms with Crippen LogP contribution in [0.15, 0.2) is 53.7 Å². The van der Waals surface area contributed by atoms with Crippen LogP contribution in [0.25, 0.3) is 11.0 Å². The molecule has 6 nitrogen and oxygen atoms in total. The molecule has 0 unspecified atom stereocenters. The first-order valence-electron chi connectivity index (χ1n) is 6.60. The van der Waals surface area contributed by atoms with Crippen molar-refractivity contribution in [1.29, 1.82) is 0 Å². The molecule has 0 bridgehead atoms. The Morgan fingerprint density at radius 3 is 2.36 bits per heavy atom. The van der Waals surface area contributed by atoms with E-state index < -0.39 is 5.97 Å². The van der Waals surface area contributed by atoms with Crippen molar-refractivity contribution >= 4 is 22.7 Å². The summed E-state index contributed by atoms with van der Waals surface area (Å²) in [4.78, 5) is 15.8. The first-order valence-corrected chi connectivity index (χ1v) is 6.60. The lowest BCUT2D eigenvalue weighted by Crippen LogP contribution is -2.15. The highest BCUT2D eigenvalue weighted by Gasteiger charge is 2.21. The lowest BCUT2D eigenvalue weighted by atomic mass is 10.0. The monoisotopic (exact) mass is 295 g/mol. The van der Waals surface area contributed by atoms with Gasteiger partial charge in [-0.25, -0.2) is 9.78 Å². The number of carbonyl (C=O) groups is 1. The van der Waals surface area contributed by atoms with E-state index in [0.29, 0.717) is 11.4 Å². The van der Waals surface area contributed by atoms with Gasteiger partial charge in [0.05, 0.1) is 16.6 Å². The van der Waals surface area contributed by atoms with Crippen LogP contribution in [0.1, 0.15) is 21.7 Å². The first-order chi connectivity index (χ1) is 10.6. The van der Waals surface area contributed by atoms with Crippen LogP contribution < -0.4 is 0 Å². The van der Waals surface area contributed by atoms with Crippen LogP contribution >= 0.6 is 0 Å². The molecule has 2 N–H and O–H groups in total. The van der Waals surface area contributed by atoms with Gasteiger partial charge in [0.2, 0.25) is 0 Å². The number of fused-ring (bicyclic) bond motifs is 1. The number of para-hydroxylation sites is 2. The van der Waals surface area contributed by atoms with Crippen LogP contribution in [0.4, 0.5) is 0 Å². The van der Waals surface area contributed by atoms with E-state index in [4.69, 9.17) is 0 Å². The van der Waals surface area contributed by atoms with Crippen LogP contribution in [0.5, 0.6) is 0 Å². The molecule has 110 valence electrons. The van der Waals surface area contributed by atoms with Crippen molar-refractivity contribution in [1.82, 2.24) is 9.55 Å². The third kappa shape index (κ3) is 2.10. The molecule has 0 aliphatic carbocycles. The van der Waals surface area contributed by atoms with Gasteiger partial charge < -0.3 is 14.9 Å². The summed E-state index contributed by atoms with van der Waals surface area (Å²) >= 11 is 0. The number of hydrogen-bond donors (Lipinski definition) is 2. The average molecular weight is 295 g/mol. The molecule has 1 aromatic heterocycles. The molecular formula is C16H13N3O3. The number of carboxylic acids is 1. The quantitative estimate of drug-likeness (QED) is 0.441. The second-order valence-corrected chi connectivity index (χ2v) is 4.78. The van der Waals surface area contributed by atoms with Gasteiger partial charge in [-0.3, -0.25) is 0 Å². The molecule has 6 heteroatoms. The van der Waals surface area contributed by atoms with Crippen LogP contribution in [-0.4, -0.2) is 31.5 Å². The van der Waals surface area contributed by atoms with Crippen molar-refractivity contribution in [2.45, 2.75) is 0 Å². The fourth-order valence-corrected chi connectivity index (χ4v) is 2.45. The van der Waals surface area contributed by atoms with Gasteiger partial charge in [0, 0.05) is 12.6 Å². The van der Waals surface area contributed by atoms with Crippen molar-refractivity contribution in [2.75, 3.05) is 0 Å². The molecule has 2 aromatic carbocycles. The standard InChI is InChI=1S/C16H13N3O3/c1-19-13-9-5-4-8-12(13)17-15(19)14(18-22)10-6-2-3-7-11(10)16(20)21/h2-9,22H,1H3,(H,20,21). The molecule has 0 atom stereocenters. The summed E-state index contributed by atoms with van der Waals surface area (Å²) in [5.74, 6) is -0.687. The van der Waals surface area contributed by atoms with E-state index in [1.807, 2.05) is 24.3 Å². The zero-order valence-corrected chi connectivity index (χ0v) is 11.8. The minimum Gasteiger partial charge on any atom is -0.478 e. The molecule has 0 aliphatic rings. The lowest BCUT2D eigenvalue weighted by molar-refractivity contribution is 0.0696. The van der Waals surface area contributed by atoms with Crippen molar-refractivity contribution in [3.63, 3.8) is 0 Å². The predicted molar refractivity (Wildman–Crippen MR) is 81.5 cm³/mol. The van der Waals surface area contributed by atoms with Crippen LogP contribution in [0.2, 0.25) is 0 Å². The summed E-state index contributed by atoms with van der Waals surface area (Å²) in [6, 6.07) is 13.9. The Kier molecular flexibility index (Phi) is 3.34. The molecule has 0 fully saturated rings. The minimum atomic E-state index is -1.09. The summed E-state index contributed by atoms with van der Waals surface area (Å²) in [7, 11) is 1.79. The van der Waals surface area contributed by atoms with E-state index in [9.17, 15) is 15.1 Å². The number of imidazole rings is 1. The fourth-order valence-electron chi connectivity index (χ4n) is 2.45. The number of aromatic carboxylic acids is 1. The molecule has 3 rings (SSSR count). The molecule has 1 heterocycles. The Labute approximate surface area is 126 Å². The first kappa shape index (κ1) is 13.8. The predicted octanol–water partition coefficient (Wildman–Crippen LogP) is 2.50. The number of hydrogen-bond acceptors (Lipinski definition) is 4. The summed E-state index contributed by atoms with van der Waals surface area (Å²) in [5, 5.41) is 22.0. The highest BCUT2D eigenvalue weighted by Crippen LogP contribution is 2.19. The molecule has 0 spiro atoms. The number of benzene rings is 2. The van der Waals surface area contributed by atoms with Gasteiger partial charge in [-0.1, -0.05) is 35.5 Å². The van der Waals surface area contributed by atoms with Gasteiger partial charge in [-0.15, -0.1) is 0 Å². The third-order valence-corrected chi connectivity index (χ3v) is 3.51. The van der Waals surface area contributed by atoms with E-state index in [1.165, 1.54) is 6.07 Å². The molecule has 0 aliphatic heterocycles. The van der Waals surface area contributed by atoms with Gasteiger partial charge in [0.25, 0.3) is 0 Å². The second-order valence-electron chi connectivity index (χ2n) is 4.78. The van der Waals surface area contributed by atoms with E-state index in [2.05, 4.69) is 10.1 Å². The maximum Gasteiger partial charge on any atom is 0.336 e. The van der Waals surface area contributed by atoms with Crippen LogP contribution in [0, 0.1) is 0 Å². The van der Waals surface area contributed by atoms with Gasteiger partial charge in [-0.05, 0) is 18.2 Å². The van der Waals surface area contributed by atoms with Crippen molar-refractivity contribution in [3.05, 3.63) is 65.5 Å². The summed E-state index contributed by atoms with van der Waals surface area (Å²) in [6.07, 6.45) is 0. The van der Waals surface area contributed by atoms with Gasteiger partial charge in [0.1, 0.15) is 0 Å². The lowest BCUT2D eigenvalue weighted by Gasteiger charge is -2.08. The van der Waals surface area contributed by atoms with Crippen molar-refractivity contribution < 1.29 is 15.1 Å². The van der Waals surface area contributed by atoms with Crippen LogP contribution in [0.3, 0.4) is 0 Å². The maximum absolute atomic E-state index is 11.4. The Bertz CT molecular complexity index is 897. The highest BCUT2D eigenvalue weighted by molar-refractivity contribution is 6.16. The number of oxime groups is 1. The fraction of sp³-hybridized carbons (Fsp3) is 0.0625. The Hall–Kier alpha value is -3.15. The smallest absolute Gasteiger partial charge is 0.336 e. The molecule has 3 aromatic rings. The Balaban J connectivity index is 2.24. The van der Waals surface area contributed by atoms with Crippen LogP contribution in [-0.2, 0) is 7.05 Å². The SMILES string of the molecule is Cn1c(C(=NO)c2ccccc2C(=O)O)nc2ccccc21. The molecule has 22 heavy (non-hydrogen) atoms. The van der Waals surface area contributed by atoms with E-state index in [-0.39, 0.29) is 11.3 Å². The van der Waals surface area contributed by atoms with E-state index in [0.717, 1.165) is 11.0 Å². The van der Waals surface area contributed by atoms with Gasteiger partial charge >= 0.3 is 5.97 Å². The van der Waals surface area contributed by atoms with E-state index >= 15 is 0 Å². The van der Waals surface area contributed by atoms with E-state index in [1.54, 1.807) is 29.8 Å². The maximum atomic E-state index is 11.4. The number of carboxylic acid groups (broad SMARTS) is 1. The number of aromatic nitrogens is 2. The minimum absolute atomic E-state index is 0.0577. The topological polar surface area (TPSA) is 87.7 Å². The van der Waals surface area contributed by atoms with Gasteiger partial charge in [0.15, 0.2) is 11.5 Å². The molecular weight excluding hydrogens is 282 g/mol. The molecule has 0 saturated carbocycles.